The van der Waals surface area contributed by atoms with Gasteiger partial charge < -0.3 is 19.1 Å². The summed E-state index contributed by atoms with van der Waals surface area (Å²) in [5, 5.41) is 0. The van der Waals surface area contributed by atoms with E-state index in [1.54, 1.807) is 27.7 Å². The average molecular weight is 447 g/mol. The number of cyclic esters (lactones) is 1. The molecule has 2 aliphatic rings. The van der Waals surface area contributed by atoms with Crippen molar-refractivity contribution < 1.29 is 33.4 Å². The topological polar surface area (TPSA) is 102 Å². The summed E-state index contributed by atoms with van der Waals surface area (Å²) in [5.41, 5.74) is 0.232. The van der Waals surface area contributed by atoms with Gasteiger partial charge in [-0.05, 0) is 39.7 Å². The maximum absolute atomic E-state index is 13.5. The molecular weight excluding hydrogens is 416 g/mol. The number of hydrogen-bond acceptors (Lipinski definition) is 7. The van der Waals surface area contributed by atoms with Gasteiger partial charge in [0.25, 0.3) is 0 Å². The molecule has 3 amide bonds. The zero-order valence-corrected chi connectivity index (χ0v) is 18.9. The van der Waals surface area contributed by atoms with Crippen LogP contribution in [-0.4, -0.2) is 71.8 Å². The smallest absolute Gasteiger partial charge is 0.416 e. The number of imide groups is 1. The molecule has 0 aliphatic carbocycles. The molecule has 0 spiro atoms. The molecule has 2 heterocycles. The molecule has 0 aromatic heterocycles. The number of ether oxygens (including phenoxy) is 3. The second kappa shape index (κ2) is 9.58. The summed E-state index contributed by atoms with van der Waals surface area (Å²) >= 11 is 0. The van der Waals surface area contributed by atoms with Crippen LogP contribution in [0.5, 0.6) is 0 Å². The zero-order valence-electron chi connectivity index (χ0n) is 18.9. The van der Waals surface area contributed by atoms with Gasteiger partial charge in [-0.1, -0.05) is 30.3 Å². The summed E-state index contributed by atoms with van der Waals surface area (Å²) in [5.74, 6) is -2.94. The molecule has 9 nitrogen and oxygen atoms in total. The third-order valence-electron chi connectivity index (χ3n) is 5.39. The van der Waals surface area contributed by atoms with Gasteiger partial charge in [0.15, 0.2) is 0 Å². The minimum absolute atomic E-state index is 0.0175. The maximum atomic E-state index is 13.5. The second-order valence-corrected chi connectivity index (χ2v) is 8.98. The predicted octanol–water partition coefficient (Wildman–Crippen LogP) is 2.62. The summed E-state index contributed by atoms with van der Waals surface area (Å²) < 4.78 is 15.7. The van der Waals surface area contributed by atoms with Gasteiger partial charge in [-0.3, -0.25) is 9.59 Å². The molecule has 2 aliphatic heterocycles. The van der Waals surface area contributed by atoms with E-state index >= 15 is 0 Å². The molecule has 9 heteroatoms. The minimum atomic E-state index is -0.925. The quantitative estimate of drug-likeness (QED) is 0.506. The fourth-order valence-corrected chi connectivity index (χ4v) is 3.96. The van der Waals surface area contributed by atoms with Gasteiger partial charge in [-0.15, -0.1) is 0 Å². The summed E-state index contributed by atoms with van der Waals surface area (Å²) in [6.45, 7) is 7.04. The first-order chi connectivity index (χ1) is 15.1. The number of benzene rings is 1. The van der Waals surface area contributed by atoms with Crippen molar-refractivity contribution in [2.45, 2.75) is 45.8 Å². The first-order valence-electron chi connectivity index (χ1n) is 10.8. The Labute approximate surface area is 187 Å². The van der Waals surface area contributed by atoms with Crippen LogP contribution in [0, 0.1) is 11.8 Å². The Balaban J connectivity index is 1.81. The van der Waals surface area contributed by atoms with Crippen LogP contribution in [0.4, 0.5) is 9.59 Å². The Kier molecular flexibility index (Phi) is 7.06. The van der Waals surface area contributed by atoms with Crippen LogP contribution in [0.2, 0.25) is 0 Å². The second-order valence-electron chi connectivity index (χ2n) is 8.98. The average Bonchev–Trinajstić information content (AvgIpc) is 3.32. The number of likely N-dealkylation sites (tertiary alicyclic amines) is 1. The molecule has 1 aromatic rings. The van der Waals surface area contributed by atoms with Gasteiger partial charge in [0.2, 0.25) is 5.91 Å². The van der Waals surface area contributed by atoms with Crippen LogP contribution >= 0.6 is 0 Å². The van der Waals surface area contributed by atoms with E-state index in [9.17, 15) is 19.2 Å². The highest BCUT2D eigenvalue weighted by Crippen LogP contribution is 2.31. The maximum Gasteiger partial charge on any atom is 0.416 e. The Morgan fingerprint density at radius 2 is 1.75 bits per heavy atom. The molecule has 2 saturated heterocycles. The first kappa shape index (κ1) is 23.6. The van der Waals surface area contributed by atoms with Crippen LogP contribution in [0.15, 0.2) is 30.3 Å². The number of amides is 3. The van der Waals surface area contributed by atoms with E-state index in [4.69, 9.17) is 14.2 Å². The van der Waals surface area contributed by atoms with Gasteiger partial charge in [0, 0.05) is 13.1 Å². The highest BCUT2D eigenvalue weighted by atomic mass is 16.6. The molecular formula is C23H30N2O7. The van der Waals surface area contributed by atoms with E-state index in [1.807, 2.05) is 30.3 Å². The normalized spacial score (nSPS) is 23.1. The number of rotatable bonds is 5. The number of carbonyl (C=O) groups is 4. The molecule has 0 N–H and O–H groups in total. The lowest BCUT2D eigenvalue weighted by Gasteiger charge is -2.25. The third kappa shape index (κ3) is 5.38. The summed E-state index contributed by atoms with van der Waals surface area (Å²) in [6.07, 6.45) is -0.925. The summed E-state index contributed by atoms with van der Waals surface area (Å²) in [7, 11) is 0. The van der Waals surface area contributed by atoms with E-state index in [0.717, 1.165) is 10.5 Å². The van der Waals surface area contributed by atoms with Gasteiger partial charge in [-0.2, -0.15) is 0 Å². The van der Waals surface area contributed by atoms with Crippen LogP contribution in [0.25, 0.3) is 0 Å². The van der Waals surface area contributed by atoms with Crippen molar-refractivity contribution in [1.82, 2.24) is 9.80 Å². The molecule has 3 atom stereocenters. The summed E-state index contributed by atoms with van der Waals surface area (Å²) in [4.78, 5) is 53.5. The predicted molar refractivity (Wildman–Crippen MR) is 114 cm³/mol. The van der Waals surface area contributed by atoms with Gasteiger partial charge in [0.1, 0.15) is 12.2 Å². The number of nitrogens with zero attached hydrogens (tertiary/aromatic N) is 2. The molecule has 2 fully saturated rings. The number of hydrogen-bond donors (Lipinski definition) is 0. The van der Waals surface area contributed by atoms with Crippen LogP contribution in [-0.2, 0) is 30.2 Å². The van der Waals surface area contributed by atoms with Crippen molar-refractivity contribution in [3.63, 3.8) is 0 Å². The highest BCUT2D eigenvalue weighted by molar-refractivity contribution is 5.97. The van der Waals surface area contributed by atoms with Crippen molar-refractivity contribution in [3.05, 3.63) is 35.9 Å². The van der Waals surface area contributed by atoms with Gasteiger partial charge in [-0.25, -0.2) is 14.5 Å². The molecule has 0 radical (unpaired) electrons. The van der Waals surface area contributed by atoms with Crippen molar-refractivity contribution in [3.8, 4) is 0 Å². The van der Waals surface area contributed by atoms with Gasteiger partial charge in [0.05, 0.1) is 24.5 Å². The fraction of sp³-hybridized carbons (Fsp3) is 0.565. The van der Waals surface area contributed by atoms with E-state index < -0.39 is 47.5 Å². The third-order valence-corrected chi connectivity index (χ3v) is 5.39. The molecule has 32 heavy (non-hydrogen) atoms. The minimum Gasteiger partial charge on any atom is -0.466 e. The van der Waals surface area contributed by atoms with Crippen molar-refractivity contribution in [2.24, 2.45) is 11.8 Å². The standard InChI is InChI=1S/C23H30N2O7/c1-5-30-20(27)18-13-24(21(28)32-23(2,3)4)12-17(18)19(26)25-16(14-31-22(25)29)11-15-9-7-6-8-10-15/h6-10,16-18H,5,11-14H2,1-4H3. The van der Waals surface area contributed by atoms with Crippen LogP contribution in [0.3, 0.4) is 0 Å². The Morgan fingerprint density at radius 3 is 2.38 bits per heavy atom. The SMILES string of the molecule is CCOC(=O)C1CN(C(=O)OC(C)(C)C)CC1C(=O)N1C(=O)OCC1Cc1ccccc1. The largest absolute Gasteiger partial charge is 0.466 e. The molecule has 0 bridgehead atoms. The molecule has 3 unspecified atom stereocenters. The molecule has 1 aromatic carbocycles. The zero-order chi connectivity index (χ0) is 23.5. The molecule has 174 valence electrons. The van der Waals surface area contributed by atoms with Crippen LogP contribution < -0.4 is 0 Å². The lowest BCUT2D eigenvalue weighted by atomic mass is 9.93. The first-order valence-corrected chi connectivity index (χ1v) is 10.8. The van der Waals surface area contributed by atoms with Gasteiger partial charge >= 0.3 is 18.2 Å². The van der Waals surface area contributed by atoms with Crippen LogP contribution in [0.1, 0.15) is 33.3 Å². The Hall–Kier alpha value is -3.10. The summed E-state index contributed by atoms with van der Waals surface area (Å²) in [6, 6.07) is 8.98. The highest BCUT2D eigenvalue weighted by Gasteiger charge is 2.50. The number of esters is 1. The fourth-order valence-electron chi connectivity index (χ4n) is 3.96. The van der Waals surface area contributed by atoms with E-state index in [2.05, 4.69) is 0 Å². The van der Waals surface area contributed by atoms with Crippen molar-refractivity contribution in [1.29, 1.82) is 0 Å². The van der Waals surface area contributed by atoms with E-state index in [0.29, 0.717) is 6.42 Å². The lowest BCUT2D eigenvalue weighted by Crippen LogP contribution is -2.46. The lowest BCUT2D eigenvalue weighted by molar-refractivity contribution is -0.152. The molecule has 3 rings (SSSR count). The van der Waals surface area contributed by atoms with Crippen molar-refractivity contribution >= 4 is 24.1 Å². The van der Waals surface area contributed by atoms with Crippen molar-refractivity contribution in [2.75, 3.05) is 26.3 Å². The van der Waals surface area contributed by atoms with E-state index in [1.165, 1.54) is 4.90 Å². The number of carbonyl (C=O) groups excluding carboxylic acids is 4. The monoisotopic (exact) mass is 446 g/mol. The van der Waals surface area contributed by atoms with E-state index in [-0.39, 0.29) is 26.3 Å². The molecule has 0 saturated carbocycles. The Morgan fingerprint density at radius 1 is 1.09 bits per heavy atom. The Bertz CT molecular complexity index is 865.